The van der Waals surface area contributed by atoms with Crippen molar-refractivity contribution in [3.05, 3.63) is 29.8 Å². The number of aliphatic hydroxyl groups is 1. The average molecular weight is 389 g/mol. The lowest BCUT2D eigenvalue weighted by Gasteiger charge is -2.27. The third kappa shape index (κ3) is 5.68. The zero-order chi connectivity index (χ0) is 20.1. The Morgan fingerprint density at radius 2 is 1.73 bits per heavy atom. The second kappa shape index (κ2) is 8.47. The van der Waals surface area contributed by atoms with Crippen molar-refractivity contribution in [2.75, 3.05) is 13.7 Å². The third-order valence-electron chi connectivity index (χ3n) is 3.01. The Bertz CT molecular complexity index is 737. The van der Waals surface area contributed by atoms with Crippen molar-refractivity contribution >= 4 is 22.1 Å². The van der Waals surface area contributed by atoms with Crippen LogP contribution in [0.25, 0.3) is 0 Å². The third-order valence-corrected chi connectivity index (χ3v) is 4.68. The number of hydrogen-bond acceptors (Lipinski definition) is 8. The number of rotatable bonds is 6. The minimum Gasteiger partial charge on any atom is -0.468 e. The van der Waals surface area contributed by atoms with Gasteiger partial charge in [-0.05, 0) is 44.3 Å². The molecule has 0 saturated carbocycles. The van der Waals surface area contributed by atoms with E-state index in [1.165, 1.54) is 24.3 Å². The molecule has 26 heavy (non-hydrogen) atoms. The molecule has 0 saturated heterocycles. The molecule has 0 heterocycles. The van der Waals surface area contributed by atoms with Crippen molar-refractivity contribution in [3.8, 4) is 0 Å². The van der Waals surface area contributed by atoms with Crippen LogP contribution in [-0.4, -0.2) is 55.5 Å². The Labute approximate surface area is 152 Å². The van der Waals surface area contributed by atoms with Crippen molar-refractivity contribution in [1.82, 2.24) is 4.47 Å². The number of aliphatic hydroxyl groups excluding tert-OH is 1. The Kier molecular flexibility index (Phi) is 7.13. The van der Waals surface area contributed by atoms with Crippen molar-refractivity contribution in [1.29, 1.82) is 0 Å². The van der Waals surface area contributed by atoms with Crippen LogP contribution < -0.4 is 0 Å². The SMILES string of the molecule is COC(=O)[C@H](CO)N(OC(=O)OC(C)(C)C)S(=O)(=O)c1ccc(C)cc1. The van der Waals surface area contributed by atoms with Crippen LogP contribution in [0, 0.1) is 6.92 Å². The van der Waals surface area contributed by atoms with E-state index < -0.39 is 40.4 Å². The minimum absolute atomic E-state index is 0.0948. The van der Waals surface area contributed by atoms with E-state index in [9.17, 15) is 23.1 Å². The van der Waals surface area contributed by atoms with E-state index in [0.29, 0.717) is 0 Å². The maximum atomic E-state index is 12.8. The molecule has 0 radical (unpaired) electrons. The van der Waals surface area contributed by atoms with E-state index in [2.05, 4.69) is 4.74 Å². The van der Waals surface area contributed by atoms with Crippen LogP contribution in [-0.2, 0) is 29.1 Å². The van der Waals surface area contributed by atoms with Gasteiger partial charge in [-0.2, -0.15) is 0 Å². The Balaban J connectivity index is 3.32. The highest BCUT2D eigenvalue weighted by molar-refractivity contribution is 7.89. The van der Waals surface area contributed by atoms with Crippen molar-refractivity contribution < 1.29 is 37.4 Å². The molecule has 146 valence electrons. The molecule has 0 unspecified atom stereocenters. The molecule has 0 aliphatic rings. The van der Waals surface area contributed by atoms with Crippen LogP contribution in [0.5, 0.6) is 0 Å². The van der Waals surface area contributed by atoms with Crippen LogP contribution >= 0.6 is 0 Å². The number of carbonyl (C=O) groups is 2. The number of methoxy groups -OCH3 is 1. The van der Waals surface area contributed by atoms with E-state index in [1.54, 1.807) is 27.7 Å². The minimum atomic E-state index is -4.49. The molecule has 0 amide bonds. The molecule has 1 aromatic rings. The van der Waals surface area contributed by atoms with Gasteiger partial charge < -0.3 is 19.4 Å². The summed E-state index contributed by atoms with van der Waals surface area (Å²) in [6, 6.07) is 3.83. The Hall–Kier alpha value is -2.17. The summed E-state index contributed by atoms with van der Waals surface area (Å²) in [6.45, 7) is 5.45. The van der Waals surface area contributed by atoms with Gasteiger partial charge in [-0.1, -0.05) is 17.7 Å². The molecule has 0 aliphatic carbocycles. The molecule has 0 aliphatic heterocycles. The summed E-state index contributed by atoms with van der Waals surface area (Å²) in [5, 5.41) is 9.46. The molecule has 1 aromatic carbocycles. The van der Waals surface area contributed by atoms with Gasteiger partial charge >= 0.3 is 12.1 Å². The van der Waals surface area contributed by atoms with Gasteiger partial charge in [-0.25, -0.2) is 13.2 Å². The second-order valence-corrected chi connectivity index (χ2v) is 8.13. The van der Waals surface area contributed by atoms with Crippen molar-refractivity contribution in [3.63, 3.8) is 0 Å². The molecule has 1 rings (SSSR count). The number of sulfonamides is 1. The number of nitrogens with zero attached hydrogens (tertiary/aromatic N) is 1. The first kappa shape index (κ1) is 21.9. The number of benzene rings is 1. The molecule has 0 fully saturated rings. The molecule has 0 spiro atoms. The first-order valence-electron chi connectivity index (χ1n) is 7.63. The maximum Gasteiger partial charge on any atom is 0.529 e. The summed E-state index contributed by atoms with van der Waals surface area (Å²) in [6.07, 6.45) is -1.35. The largest absolute Gasteiger partial charge is 0.529 e. The van der Waals surface area contributed by atoms with Gasteiger partial charge in [0.1, 0.15) is 5.60 Å². The highest BCUT2D eigenvalue weighted by Gasteiger charge is 2.41. The number of hydroxylamine groups is 1. The van der Waals surface area contributed by atoms with E-state index in [4.69, 9.17) is 9.57 Å². The summed E-state index contributed by atoms with van der Waals surface area (Å²) in [4.78, 5) is 28.3. The molecular formula is C16H23NO8S. The predicted molar refractivity (Wildman–Crippen MR) is 90.4 cm³/mol. The number of esters is 1. The lowest BCUT2D eigenvalue weighted by Crippen LogP contribution is -2.49. The Morgan fingerprint density at radius 1 is 1.19 bits per heavy atom. The van der Waals surface area contributed by atoms with Gasteiger partial charge in [0.15, 0.2) is 6.04 Å². The molecule has 0 bridgehead atoms. The lowest BCUT2D eigenvalue weighted by molar-refractivity contribution is -0.163. The molecule has 0 aromatic heterocycles. The zero-order valence-electron chi connectivity index (χ0n) is 15.3. The normalized spacial score (nSPS) is 13.2. The highest BCUT2D eigenvalue weighted by Crippen LogP contribution is 2.21. The van der Waals surface area contributed by atoms with Crippen LogP contribution in [0.4, 0.5) is 4.79 Å². The van der Waals surface area contributed by atoms with Gasteiger partial charge in [-0.3, -0.25) is 4.79 Å². The first-order valence-corrected chi connectivity index (χ1v) is 9.07. The van der Waals surface area contributed by atoms with Gasteiger partial charge in [0.2, 0.25) is 0 Å². The summed E-state index contributed by atoms with van der Waals surface area (Å²) >= 11 is 0. The smallest absolute Gasteiger partial charge is 0.468 e. The van der Waals surface area contributed by atoms with E-state index in [-0.39, 0.29) is 9.36 Å². The molecule has 10 heteroatoms. The standard InChI is InChI=1S/C16H23NO8S/c1-11-6-8-12(9-7-11)26(21,22)17(13(10-18)14(19)23-5)25-15(20)24-16(2,3)4/h6-9,13,18H,10H2,1-5H3/t13-/m0/s1. The predicted octanol–water partition coefficient (Wildman–Crippen LogP) is 1.39. The zero-order valence-corrected chi connectivity index (χ0v) is 16.1. The highest BCUT2D eigenvalue weighted by atomic mass is 32.2. The van der Waals surface area contributed by atoms with Crippen molar-refractivity contribution in [2.24, 2.45) is 0 Å². The van der Waals surface area contributed by atoms with E-state index >= 15 is 0 Å². The second-order valence-electron chi connectivity index (χ2n) is 6.35. The molecular weight excluding hydrogens is 366 g/mol. The van der Waals surface area contributed by atoms with Crippen LogP contribution in [0.2, 0.25) is 0 Å². The topological polar surface area (TPSA) is 119 Å². The van der Waals surface area contributed by atoms with Crippen LogP contribution in [0.15, 0.2) is 29.2 Å². The molecule has 1 N–H and O–H groups in total. The first-order chi connectivity index (χ1) is 11.9. The fourth-order valence-electron chi connectivity index (χ4n) is 1.80. The maximum absolute atomic E-state index is 12.8. The summed E-state index contributed by atoms with van der Waals surface area (Å²) in [5.41, 5.74) is -0.161. The van der Waals surface area contributed by atoms with Gasteiger partial charge in [-0.15, -0.1) is 0 Å². The number of aryl methyl sites for hydroxylation is 1. The lowest BCUT2D eigenvalue weighted by atomic mass is 10.2. The van der Waals surface area contributed by atoms with Gasteiger partial charge in [0.25, 0.3) is 10.0 Å². The van der Waals surface area contributed by atoms with Crippen LogP contribution in [0.1, 0.15) is 26.3 Å². The molecule has 1 atom stereocenters. The number of carbonyl (C=O) groups excluding carboxylic acids is 2. The average Bonchev–Trinajstić information content (AvgIpc) is 2.53. The summed E-state index contributed by atoms with van der Waals surface area (Å²) in [5.74, 6) is -1.10. The fourth-order valence-corrected chi connectivity index (χ4v) is 3.13. The quantitative estimate of drug-likeness (QED) is 0.572. The van der Waals surface area contributed by atoms with Gasteiger partial charge in [0.05, 0.1) is 18.6 Å². The van der Waals surface area contributed by atoms with Crippen molar-refractivity contribution in [2.45, 2.75) is 44.2 Å². The van der Waals surface area contributed by atoms with E-state index in [0.717, 1.165) is 12.7 Å². The summed E-state index contributed by atoms with van der Waals surface area (Å²) in [7, 11) is -3.48. The summed E-state index contributed by atoms with van der Waals surface area (Å²) < 4.78 is 35.2. The number of ether oxygens (including phenoxy) is 2. The number of hydrogen-bond donors (Lipinski definition) is 1. The van der Waals surface area contributed by atoms with Gasteiger partial charge in [0, 0.05) is 0 Å². The Morgan fingerprint density at radius 3 is 2.15 bits per heavy atom. The van der Waals surface area contributed by atoms with E-state index in [1.807, 2.05) is 0 Å². The monoisotopic (exact) mass is 389 g/mol. The van der Waals surface area contributed by atoms with Crippen LogP contribution in [0.3, 0.4) is 0 Å². The molecule has 9 nitrogen and oxygen atoms in total. The fraction of sp³-hybridized carbons (Fsp3) is 0.500.